The smallest absolute Gasteiger partial charge is 0.328 e. The summed E-state index contributed by atoms with van der Waals surface area (Å²) in [5.74, 6) is -3.46. The van der Waals surface area contributed by atoms with Crippen molar-refractivity contribution in [2.24, 2.45) is 13.0 Å². The molecule has 0 radical (unpaired) electrons. The van der Waals surface area contributed by atoms with Crippen molar-refractivity contribution < 1.29 is 38.3 Å². The number of fused-ring (bicyclic) bond motifs is 4. The lowest BCUT2D eigenvalue weighted by molar-refractivity contribution is -0.158. The zero-order chi connectivity index (χ0) is 41.1. The van der Waals surface area contributed by atoms with E-state index in [0.29, 0.717) is 50.8 Å². The van der Waals surface area contributed by atoms with E-state index in [1.807, 2.05) is 73.3 Å². The van der Waals surface area contributed by atoms with E-state index in [9.17, 15) is 33.6 Å². The summed E-state index contributed by atoms with van der Waals surface area (Å²) in [6, 6.07) is 9.52. The van der Waals surface area contributed by atoms with E-state index < -0.39 is 78.5 Å². The van der Waals surface area contributed by atoms with Crippen molar-refractivity contribution in [2.45, 2.75) is 95.0 Å². The van der Waals surface area contributed by atoms with Crippen LogP contribution in [0.2, 0.25) is 0 Å². The highest BCUT2D eigenvalue weighted by molar-refractivity contribution is 5.99. The summed E-state index contributed by atoms with van der Waals surface area (Å²) in [6.45, 7) is 3.67. The highest BCUT2D eigenvalue weighted by Gasteiger charge is 2.46. The van der Waals surface area contributed by atoms with Gasteiger partial charge in [0, 0.05) is 50.5 Å². The van der Waals surface area contributed by atoms with Crippen molar-refractivity contribution >= 4 is 58.1 Å². The summed E-state index contributed by atoms with van der Waals surface area (Å²) < 4.78 is 7.69. The van der Waals surface area contributed by atoms with E-state index in [4.69, 9.17) is 4.74 Å². The number of carbonyl (C=O) groups excluding carboxylic acids is 7. The molecule has 0 spiro atoms. The van der Waals surface area contributed by atoms with Crippen LogP contribution in [0.25, 0.3) is 10.9 Å². The molecule has 58 heavy (non-hydrogen) atoms. The number of piperidine rings is 1. The number of nitrogens with one attached hydrogen (secondary N) is 4. The van der Waals surface area contributed by atoms with Crippen LogP contribution in [0.1, 0.15) is 57.9 Å². The summed E-state index contributed by atoms with van der Waals surface area (Å²) in [5, 5.41) is 12.1. The van der Waals surface area contributed by atoms with Crippen LogP contribution in [0.5, 0.6) is 0 Å². The maximum atomic E-state index is 14.6. The van der Waals surface area contributed by atoms with E-state index in [0.717, 1.165) is 16.5 Å². The summed E-state index contributed by atoms with van der Waals surface area (Å²) in [5.41, 5.74) is 2.14. The van der Waals surface area contributed by atoms with E-state index in [2.05, 4.69) is 21.3 Å². The molecule has 0 saturated carbocycles. The van der Waals surface area contributed by atoms with Gasteiger partial charge in [-0.15, -0.1) is 0 Å². The number of ether oxygens (including phenoxy) is 1. The first kappa shape index (κ1) is 40.3. The Kier molecular flexibility index (Phi) is 12.0. The third kappa shape index (κ3) is 8.65. The number of urea groups is 1. The standard InChI is InChI=1S/C42H52N8O8/c1-25-20-35-41(56)58-24-31(39(54)49-18-9-13-33(49)40(55)48-17-8-7-12-32(48)37(52)43-26(2)38(53)50(35)23-25)45-36(51)30(21-27-10-5-4-6-11-27)46-42(57)44-29-15-14-28-16-19-47(3)34(28)22-29/h4-6,10-11,14-16,19,22,25-26,30-33,35H,7-9,12-13,17-18,20-21,23-24H2,1-3H3,(H,43,52)(H,45,51)(H2,44,46,57). The number of carbonyl (C=O) groups is 7. The second-order valence-electron chi connectivity index (χ2n) is 16.0. The van der Waals surface area contributed by atoms with Gasteiger partial charge in [-0.2, -0.15) is 0 Å². The van der Waals surface area contributed by atoms with Gasteiger partial charge < -0.3 is 45.3 Å². The van der Waals surface area contributed by atoms with Crippen molar-refractivity contribution in [2.75, 3.05) is 31.6 Å². The molecule has 2 aromatic carbocycles. The Hall–Kier alpha value is -5.93. The maximum Gasteiger partial charge on any atom is 0.328 e. The number of rotatable bonds is 6. The van der Waals surface area contributed by atoms with Gasteiger partial charge in [-0.1, -0.05) is 43.3 Å². The molecule has 16 nitrogen and oxygen atoms in total. The van der Waals surface area contributed by atoms with Gasteiger partial charge in [-0.05, 0) is 80.5 Å². The van der Waals surface area contributed by atoms with Gasteiger partial charge in [-0.25, -0.2) is 9.59 Å². The number of amides is 7. The predicted octanol–water partition coefficient (Wildman–Crippen LogP) is 2.07. The lowest BCUT2D eigenvalue weighted by atomic mass is 9.99. The normalized spacial score (nSPS) is 26.3. The first-order chi connectivity index (χ1) is 27.9. The second kappa shape index (κ2) is 17.3. The molecule has 1 aromatic heterocycles. The highest BCUT2D eigenvalue weighted by Crippen LogP contribution is 2.28. The average Bonchev–Trinajstić information content (AvgIpc) is 3.97. The fourth-order valence-corrected chi connectivity index (χ4v) is 8.71. The van der Waals surface area contributed by atoms with Gasteiger partial charge in [0.1, 0.15) is 42.9 Å². The van der Waals surface area contributed by atoms with Crippen LogP contribution < -0.4 is 21.3 Å². The van der Waals surface area contributed by atoms with Crippen molar-refractivity contribution in [1.82, 2.24) is 35.2 Å². The molecule has 0 bridgehead atoms. The van der Waals surface area contributed by atoms with Gasteiger partial charge in [-0.3, -0.25) is 24.0 Å². The summed E-state index contributed by atoms with van der Waals surface area (Å²) in [4.78, 5) is 102. The van der Waals surface area contributed by atoms with Gasteiger partial charge in [0.05, 0.1) is 0 Å². The number of aryl methyl sites for hydroxylation is 1. The molecule has 4 N–H and O–H groups in total. The second-order valence-corrected chi connectivity index (χ2v) is 16.0. The number of benzene rings is 2. The number of aromatic nitrogens is 1. The molecule has 308 valence electrons. The molecule has 7 amide bonds. The van der Waals surface area contributed by atoms with Crippen molar-refractivity contribution in [3.63, 3.8) is 0 Å². The molecule has 4 saturated heterocycles. The highest BCUT2D eigenvalue weighted by atomic mass is 16.5. The number of nitrogens with zero attached hydrogens (tertiary/aromatic N) is 4. The van der Waals surface area contributed by atoms with E-state index in [1.54, 1.807) is 13.0 Å². The van der Waals surface area contributed by atoms with E-state index in [-0.39, 0.29) is 31.3 Å². The Morgan fingerprint density at radius 1 is 0.845 bits per heavy atom. The topological polar surface area (TPSA) is 191 Å². The third-order valence-electron chi connectivity index (χ3n) is 11.8. The van der Waals surface area contributed by atoms with E-state index in [1.165, 1.54) is 14.7 Å². The SMILES string of the molecule is CC1CC2C(=O)OCC(NC(=O)C(Cc3ccccc3)NC(=O)Nc3ccc4ccn(C)c4c3)C(=O)N3CCCC3C(=O)N3CCCCC3C(=O)NC(C)C(=O)N2C1. The molecule has 7 rings (SSSR count). The molecular weight excluding hydrogens is 745 g/mol. The molecule has 4 aliphatic heterocycles. The Labute approximate surface area is 337 Å². The van der Waals surface area contributed by atoms with Gasteiger partial charge >= 0.3 is 12.0 Å². The molecule has 3 aromatic rings. The minimum absolute atomic E-state index is 0.0502. The number of esters is 1. The van der Waals surface area contributed by atoms with Crippen LogP contribution in [-0.4, -0.2) is 123 Å². The fourth-order valence-electron chi connectivity index (χ4n) is 8.71. The number of hydrogen-bond acceptors (Lipinski definition) is 8. The van der Waals surface area contributed by atoms with Crippen LogP contribution in [0.4, 0.5) is 10.5 Å². The summed E-state index contributed by atoms with van der Waals surface area (Å²) in [7, 11) is 1.90. The van der Waals surface area contributed by atoms with Gasteiger partial charge in [0.25, 0.3) is 0 Å². The molecule has 7 atom stereocenters. The predicted molar refractivity (Wildman–Crippen MR) is 213 cm³/mol. The molecule has 16 heteroatoms. The Morgan fingerprint density at radius 2 is 1.59 bits per heavy atom. The van der Waals surface area contributed by atoms with Gasteiger partial charge in [0.2, 0.25) is 29.5 Å². The lowest BCUT2D eigenvalue weighted by Crippen LogP contribution is -2.62. The van der Waals surface area contributed by atoms with Crippen molar-refractivity contribution in [1.29, 1.82) is 0 Å². The van der Waals surface area contributed by atoms with E-state index >= 15 is 0 Å². The molecule has 7 unspecified atom stereocenters. The summed E-state index contributed by atoms with van der Waals surface area (Å²) in [6.07, 6.45) is 4.92. The Bertz CT molecular complexity index is 2070. The monoisotopic (exact) mass is 796 g/mol. The molecule has 5 heterocycles. The molecule has 0 aliphatic carbocycles. The van der Waals surface area contributed by atoms with Crippen LogP contribution in [-0.2, 0) is 47.0 Å². The zero-order valence-corrected chi connectivity index (χ0v) is 33.1. The van der Waals surface area contributed by atoms with Crippen LogP contribution in [0.3, 0.4) is 0 Å². The quantitative estimate of drug-likeness (QED) is 0.273. The minimum atomic E-state index is -1.44. The number of hydrogen-bond donors (Lipinski definition) is 4. The summed E-state index contributed by atoms with van der Waals surface area (Å²) >= 11 is 0. The number of anilines is 1. The Morgan fingerprint density at radius 3 is 2.38 bits per heavy atom. The Balaban J connectivity index is 1.17. The number of cyclic esters (lactones) is 1. The molecule has 4 fully saturated rings. The first-order valence-corrected chi connectivity index (χ1v) is 20.2. The average molecular weight is 797 g/mol. The molecule has 4 aliphatic rings. The van der Waals surface area contributed by atoms with Crippen LogP contribution >= 0.6 is 0 Å². The maximum absolute atomic E-state index is 14.6. The van der Waals surface area contributed by atoms with Gasteiger partial charge in [0.15, 0.2) is 0 Å². The van der Waals surface area contributed by atoms with Crippen LogP contribution in [0.15, 0.2) is 60.8 Å². The van der Waals surface area contributed by atoms with Crippen LogP contribution in [0, 0.1) is 5.92 Å². The lowest BCUT2D eigenvalue weighted by Gasteiger charge is -2.39. The first-order valence-electron chi connectivity index (χ1n) is 20.2. The largest absolute Gasteiger partial charge is 0.461 e. The molecular formula is C42H52N8O8. The zero-order valence-electron chi connectivity index (χ0n) is 33.1. The third-order valence-corrected chi connectivity index (χ3v) is 11.8. The van der Waals surface area contributed by atoms with Crippen molar-refractivity contribution in [3.8, 4) is 0 Å². The minimum Gasteiger partial charge on any atom is -0.461 e. The fraction of sp³-hybridized carbons (Fsp3) is 0.500. The van der Waals surface area contributed by atoms with Crippen molar-refractivity contribution in [3.05, 3.63) is 66.4 Å².